The smallest absolute Gasteiger partial charge is 0.172 e. The third kappa shape index (κ3) is 4.57. The summed E-state index contributed by atoms with van der Waals surface area (Å²) in [7, 11) is 0. The molecule has 116 valence electrons. The molecule has 0 amide bonds. The van der Waals surface area contributed by atoms with Crippen molar-refractivity contribution in [3.8, 4) is 0 Å². The second kappa shape index (κ2) is 8.13. The van der Waals surface area contributed by atoms with E-state index in [1.807, 2.05) is 0 Å². The third-order valence-electron chi connectivity index (χ3n) is 2.68. The summed E-state index contributed by atoms with van der Waals surface area (Å²) in [6.07, 6.45) is 3.57. The molecule has 4 nitrogen and oxygen atoms in total. The fourth-order valence-electron chi connectivity index (χ4n) is 1.66. The number of hydrogen-bond acceptors (Lipinski definition) is 3. The second-order valence-corrected chi connectivity index (χ2v) is 6.11. The Morgan fingerprint density at radius 2 is 1.73 bits per heavy atom. The molecule has 1 aromatic carbocycles. The van der Waals surface area contributed by atoms with Gasteiger partial charge in [0.1, 0.15) is 0 Å². The van der Waals surface area contributed by atoms with Gasteiger partial charge in [0.2, 0.25) is 0 Å². The van der Waals surface area contributed by atoms with Gasteiger partial charge >= 0.3 is 0 Å². The van der Waals surface area contributed by atoms with Gasteiger partial charge in [0.25, 0.3) is 0 Å². The number of rotatable bonds is 4. The van der Waals surface area contributed by atoms with Crippen LogP contribution in [0.3, 0.4) is 0 Å². The predicted octanol–water partition coefficient (Wildman–Crippen LogP) is 4.62. The van der Waals surface area contributed by atoms with Crippen molar-refractivity contribution < 1.29 is 0 Å². The first-order valence-electron chi connectivity index (χ1n) is 6.12. The molecule has 0 aliphatic heterocycles. The van der Waals surface area contributed by atoms with Crippen LogP contribution in [-0.2, 0) is 6.42 Å². The molecule has 0 fully saturated rings. The van der Waals surface area contributed by atoms with E-state index in [1.54, 1.807) is 12.1 Å². The molecule has 0 spiro atoms. The van der Waals surface area contributed by atoms with Crippen molar-refractivity contribution in [3.63, 3.8) is 0 Å². The van der Waals surface area contributed by atoms with E-state index in [-0.39, 0.29) is 5.15 Å². The normalized spacial score (nSPS) is 10.4. The zero-order valence-corrected chi connectivity index (χ0v) is 14.9. The summed E-state index contributed by atoms with van der Waals surface area (Å²) in [4.78, 5) is 7.93. The van der Waals surface area contributed by atoms with Crippen LogP contribution in [0.5, 0.6) is 0 Å². The Morgan fingerprint density at radius 1 is 1.05 bits per heavy atom. The van der Waals surface area contributed by atoms with Gasteiger partial charge in [0, 0.05) is 24.0 Å². The van der Waals surface area contributed by atoms with E-state index < -0.39 is 0 Å². The van der Waals surface area contributed by atoms with Gasteiger partial charge < -0.3 is 10.6 Å². The Bertz CT molecular complexity index is 696. The first kappa shape index (κ1) is 17.5. The number of hydrogen-bond donors (Lipinski definition) is 2. The molecule has 0 bridgehead atoms. The summed E-state index contributed by atoms with van der Waals surface area (Å²) in [5.41, 5.74) is 0.767. The van der Waals surface area contributed by atoms with E-state index in [0.29, 0.717) is 39.0 Å². The summed E-state index contributed by atoms with van der Waals surface area (Å²) in [5, 5.41) is 7.97. The van der Waals surface area contributed by atoms with Gasteiger partial charge in [-0.1, -0.05) is 46.4 Å². The molecule has 9 heteroatoms. The lowest BCUT2D eigenvalue weighted by atomic mass is 10.1. The van der Waals surface area contributed by atoms with Crippen LogP contribution in [0.1, 0.15) is 5.56 Å². The minimum atomic E-state index is 0.243. The molecule has 22 heavy (non-hydrogen) atoms. The van der Waals surface area contributed by atoms with Crippen molar-refractivity contribution in [2.45, 2.75) is 6.42 Å². The molecule has 0 radical (unpaired) electrons. The average molecular weight is 396 g/mol. The first-order valence-corrected chi connectivity index (χ1v) is 8.04. The Morgan fingerprint density at radius 3 is 2.45 bits per heavy atom. The van der Waals surface area contributed by atoms with Crippen LogP contribution in [0.4, 0.5) is 5.82 Å². The van der Waals surface area contributed by atoms with Crippen LogP contribution in [0.25, 0.3) is 0 Å². The summed E-state index contributed by atoms with van der Waals surface area (Å²) in [6, 6.07) is 3.37. The molecule has 1 aromatic heterocycles. The molecular weight excluding hydrogens is 386 g/mol. The maximum Gasteiger partial charge on any atom is 0.172 e. The topological polar surface area (TPSA) is 49.8 Å². The second-order valence-electron chi connectivity index (χ2n) is 4.15. The van der Waals surface area contributed by atoms with Gasteiger partial charge in [0.05, 0.1) is 10.0 Å². The van der Waals surface area contributed by atoms with E-state index in [9.17, 15) is 0 Å². The van der Waals surface area contributed by atoms with Crippen molar-refractivity contribution in [1.82, 2.24) is 15.3 Å². The third-order valence-corrected chi connectivity index (χ3v) is 4.41. The molecule has 2 aromatic rings. The lowest BCUT2D eigenvalue weighted by molar-refractivity contribution is 0.873. The fraction of sp³-hybridized carbons (Fsp3) is 0.154. The van der Waals surface area contributed by atoms with Crippen molar-refractivity contribution in [2.75, 3.05) is 11.9 Å². The van der Waals surface area contributed by atoms with Crippen LogP contribution in [0.15, 0.2) is 24.5 Å². The van der Waals surface area contributed by atoms with Crippen LogP contribution in [-0.4, -0.2) is 21.6 Å². The van der Waals surface area contributed by atoms with Gasteiger partial charge in [0.15, 0.2) is 16.1 Å². The van der Waals surface area contributed by atoms with Crippen LogP contribution < -0.4 is 10.6 Å². The summed E-state index contributed by atoms with van der Waals surface area (Å²) in [5.74, 6) is 0.389. The summed E-state index contributed by atoms with van der Waals surface area (Å²) in [6.45, 7) is 0.517. The van der Waals surface area contributed by atoms with Gasteiger partial charge in [-0.2, -0.15) is 0 Å². The van der Waals surface area contributed by atoms with Gasteiger partial charge in [-0.25, -0.2) is 9.97 Å². The van der Waals surface area contributed by atoms with Crippen molar-refractivity contribution in [2.24, 2.45) is 0 Å². The molecule has 2 rings (SSSR count). The minimum Gasteiger partial charge on any atom is -0.362 e. The standard InChI is InChI=1S/C13H10Cl4N4S/c14-8-1-2-9(15)10(16)7(8)3-4-20-13(22)21-12-11(17)18-5-6-19-12/h1-2,5-6H,3-4H2,(H2,19,20,21,22). The Labute approximate surface area is 153 Å². The Kier molecular flexibility index (Phi) is 6.47. The highest BCUT2D eigenvalue weighted by Gasteiger charge is 2.10. The van der Waals surface area contributed by atoms with E-state index in [0.717, 1.165) is 5.56 Å². The van der Waals surface area contributed by atoms with E-state index >= 15 is 0 Å². The Balaban J connectivity index is 1.90. The summed E-state index contributed by atoms with van der Waals surface area (Å²) < 4.78 is 0. The van der Waals surface area contributed by atoms with Crippen molar-refractivity contribution >= 4 is 69.6 Å². The van der Waals surface area contributed by atoms with Gasteiger partial charge in [-0.3, -0.25) is 0 Å². The highest BCUT2D eigenvalue weighted by atomic mass is 35.5. The van der Waals surface area contributed by atoms with E-state index in [1.165, 1.54) is 12.4 Å². The van der Waals surface area contributed by atoms with Crippen LogP contribution >= 0.6 is 58.6 Å². The maximum absolute atomic E-state index is 6.14. The quantitative estimate of drug-likeness (QED) is 0.584. The number of anilines is 1. The lowest BCUT2D eigenvalue weighted by Crippen LogP contribution is -2.30. The molecule has 1 heterocycles. The number of aromatic nitrogens is 2. The van der Waals surface area contributed by atoms with Crippen LogP contribution in [0.2, 0.25) is 20.2 Å². The van der Waals surface area contributed by atoms with Gasteiger partial charge in [-0.05, 0) is 36.3 Å². The number of nitrogens with zero attached hydrogens (tertiary/aromatic N) is 2. The van der Waals surface area contributed by atoms with E-state index in [2.05, 4.69) is 20.6 Å². The maximum atomic E-state index is 6.14. The SMILES string of the molecule is S=C(NCCc1c(Cl)ccc(Cl)c1Cl)Nc1nccnc1Cl. The zero-order chi connectivity index (χ0) is 16.1. The van der Waals surface area contributed by atoms with E-state index in [4.69, 9.17) is 58.6 Å². The molecule has 2 N–H and O–H groups in total. The molecule has 0 aliphatic carbocycles. The molecule has 0 atom stereocenters. The number of thiocarbonyl (C=S) groups is 1. The molecule has 0 aliphatic rings. The fourth-order valence-corrected chi connectivity index (χ4v) is 2.74. The summed E-state index contributed by atoms with van der Waals surface area (Å²) >= 11 is 29.3. The number of benzene rings is 1. The van der Waals surface area contributed by atoms with Crippen LogP contribution in [0, 0.1) is 0 Å². The largest absolute Gasteiger partial charge is 0.362 e. The molecule has 0 saturated carbocycles. The monoisotopic (exact) mass is 394 g/mol. The lowest BCUT2D eigenvalue weighted by Gasteiger charge is -2.12. The zero-order valence-electron chi connectivity index (χ0n) is 11.0. The minimum absolute atomic E-state index is 0.243. The average Bonchev–Trinajstić information content (AvgIpc) is 2.49. The molecule has 0 unspecified atom stereocenters. The molecular formula is C13H10Cl4N4S. The highest BCUT2D eigenvalue weighted by molar-refractivity contribution is 7.80. The van der Waals surface area contributed by atoms with Crippen molar-refractivity contribution in [1.29, 1.82) is 0 Å². The first-order chi connectivity index (χ1) is 10.5. The number of halogens is 4. The Hall–Kier alpha value is -0.850. The molecule has 0 saturated heterocycles. The predicted molar refractivity (Wildman–Crippen MR) is 96.4 cm³/mol. The highest BCUT2D eigenvalue weighted by Crippen LogP contribution is 2.31. The van der Waals surface area contributed by atoms with Gasteiger partial charge in [-0.15, -0.1) is 0 Å². The number of nitrogens with one attached hydrogen (secondary N) is 2. The van der Waals surface area contributed by atoms with Crippen molar-refractivity contribution in [3.05, 3.63) is 50.3 Å².